The highest BCUT2D eigenvalue weighted by molar-refractivity contribution is 6.23. The molecule has 0 saturated heterocycles. The van der Waals surface area contributed by atoms with E-state index in [1.54, 1.807) is 0 Å². The van der Waals surface area contributed by atoms with Gasteiger partial charge in [-0.1, -0.05) is 182 Å². The zero-order chi connectivity index (χ0) is 39.0. The van der Waals surface area contributed by atoms with Gasteiger partial charge in [-0.15, -0.1) is 0 Å². The molecule has 59 heavy (non-hydrogen) atoms. The molecule has 12 aromatic rings. The summed E-state index contributed by atoms with van der Waals surface area (Å²) in [7, 11) is 0. The van der Waals surface area contributed by atoms with Gasteiger partial charge in [-0.3, -0.25) is 4.98 Å². The van der Waals surface area contributed by atoms with Crippen molar-refractivity contribution in [3.8, 4) is 44.5 Å². The number of nitrogens with zero attached hydrogens (tertiary/aromatic N) is 1. The van der Waals surface area contributed by atoms with Crippen LogP contribution in [0.15, 0.2) is 206 Å². The number of hydrogen-bond donors (Lipinski definition) is 0. The number of pyridine rings is 1. The van der Waals surface area contributed by atoms with Gasteiger partial charge in [-0.25, -0.2) is 0 Å². The lowest BCUT2D eigenvalue weighted by Crippen LogP contribution is -1.92. The molecule has 0 aliphatic heterocycles. The van der Waals surface area contributed by atoms with Gasteiger partial charge in [0.25, 0.3) is 0 Å². The van der Waals surface area contributed by atoms with Crippen molar-refractivity contribution in [2.45, 2.75) is 6.92 Å². The summed E-state index contributed by atoms with van der Waals surface area (Å²) in [5.74, 6) is 0. The van der Waals surface area contributed by atoms with Gasteiger partial charge in [0, 0.05) is 17.1 Å². The summed E-state index contributed by atoms with van der Waals surface area (Å²) in [6, 6.07) is 73.7. The number of para-hydroxylation sites is 1. The third-order valence-electron chi connectivity index (χ3n) is 12.6. The molecule has 1 aromatic heterocycles. The summed E-state index contributed by atoms with van der Waals surface area (Å²) in [6.07, 6.45) is 2.03. The van der Waals surface area contributed by atoms with Crippen LogP contribution < -0.4 is 0 Å². The quantitative estimate of drug-likeness (QED) is 0.129. The van der Waals surface area contributed by atoms with E-state index < -0.39 is 0 Å². The Balaban J connectivity index is 0.983. The summed E-state index contributed by atoms with van der Waals surface area (Å²) in [6.45, 7) is 2.23. The number of aryl methyl sites for hydroxylation is 1. The topological polar surface area (TPSA) is 12.9 Å². The molecule has 1 heterocycles. The van der Waals surface area contributed by atoms with Crippen LogP contribution in [0.1, 0.15) is 5.56 Å². The van der Waals surface area contributed by atoms with Crippen LogP contribution in [-0.2, 0) is 0 Å². The Morgan fingerprint density at radius 2 is 0.797 bits per heavy atom. The predicted octanol–water partition coefficient (Wildman–Crippen LogP) is 16.1. The number of benzene rings is 11. The van der Waals surface area contributed by atoms with E-state index in [4.69, 9.17) is 4.98 Å². The zero-order valence-electron chi connectivity index (χ0n) is 32.6. The fourth-order valence-corrected chi connectivity index (χ4v) is 9.87. The molecule has 0 saturated carbocycles. The normalized spacial score (nSPS) is 11.8. The summed E-state index contributed by atoms with van der Waals surface area (Å²) in [5, 5.41) is 16.4. The minimum atomic E-state index is 1.01. The zero-order valence-corrected chi connectivity index (χ0v) is 32.6. The van der Waals surface area contributed by atoms with Gasteiger partial charge >= 0.3 is 0 Å². The van der Waals surface area contributed by atoms with Crippen LogP contribution in [0.3, 0.4) is 0 Å². The SMILES string of the molecule is Cc1cccc2ccc3cccc(-c4cccc5ccc6cc(-c7ccc(-c8c9ccccc9c(-c9cnc%10ccccc%10c9)c9ccccc89)cc7)ccc6c45)c3c12. The molecule has 0 spiro atoms. The van der Waals surface area contributed by atoms with Gasteiger partial charge < -0.3 is 0 Å². The Kier molecular flexibility index (Phi) is 7.52. The van der Waals surface area contributed by atoms with E-state index in [0.29, 0.717) is 0 Å². The molecule has 12 rings (SSSR count). The molecule has 0 radical (unpaired) electrons. The van der Waals surface area contributed by atoms with Crippen LogP contribution >= 0.6 is 0 Å². The molecule has 0 aliphatic rings. The van der Waals surface area contributed by atoms with E-state index in [-0.39, 0.29) is 0 Å². The van der Waals surface area contributed by atoms with Gasteiger partial charge in [-0.2, -0.15) is 0 Å². The second-order valence-corrected chi connectivity index (χ2v) is 15.9. The summed E-state index contributed by atoms with van der Waals surface area (Å²) in [4.78, 5) is 4.87. The van der Waals surface area contributed by atoms with E-state index in [9.17, 15) is 0 Å². The highest BCUT2D eigenvalue weighted by Crippen LogP contribution is 2.45. The van der Waals surface area contributed by atoms with Crippen LogP contribution in [0.4, 0.5) is 0 Å². The highest BCUT2D eigenvalue weighted by atomic mass is 14.6. The lowest BCUT2D eigenvalue weighted by molar-refractivity contribution is 1.41. The van der Waals surface area contributed by atoms with Crippen molar-refractivity contribution in [2.75, 3.05) is 0 Å². The minimum Gasteiger partial charge on any atom is -0.256 e. The van der Waals surface area contributed by atoms with Crippen molar-refractivity contribution in [3.63, 3.8) is 0 Å². The average molecular weight is 748 g/mol. The van der Waals surface area contributed by atoms with Crippen molar-refractivity contribution in [3.05, 3.63) is 212 Å². The fourth-order valence-electron chi connectivity index (χ4n) is 9.87. The van der Waals surface area contributed by atoms with E-state index >= 15 is 0 Å². The summed E-state index contributed by atoms with van der Waals surface area (Å²) >= 11 is 0. The first-order chi connectivity index (χ1) is 29.2. The molecule has 0 bridgehead atoms. The van der Waals surface area contributed by atoms with E-state index in [1.807, 2.05) is 12.3 Å². The summed E-state index contributed by atoms with van der Waals surface area (Å²) < 4.78 is 0. The van der Waals surface area contributed by atoms with Crippen molar-refractivity contribution in [2.24, 2.45) is 0 Å². The molecule has 1 heteroatoms. The van der Waals surface area contributed by atoms with E-state index in [2.05, 4.69) is 201 Å². The second-order valence-electron chi connectivity index (χ2n) is 15.9. The molecule has 274 valence electrons. The second kappa shape index (κ2) is 13.2. The van der Waals surface area contributed by atoms with Crippen molar-refractivity contribution >= 4 is 75.5 Å². The first kappa shape index (κ1) is 33.5. The molecular formula is C58H37N. The largest absolute Gasteiger partial charge is 0.256 e. The van der Waals surface area contributed by atoms with Crippen LogP contribution in [0.2, 0.25) is 0 Å². The molecule has 0 unspecified atom stereocenters. The predicted molar refractivity (Wildman–Crippen MR) is 253 cm³/mol. The molecule has 0 N–H and O–H groups in total. The lowest BCUT2D eigenvalue weighted by atomic mass is 9.85. The van der Waals surface area contributed by atoms with E-state index in [0.717, 1.165) is 16.5 Å². The van der Waals surface area contributed by atoms with Gasteiger partial charge in [0.1, 0.15) is 0 Å². The molecule has 0 amide bonds. The Morgan fingerprint density at radius 3 is 1.49 bits per heavy atom. The summed E-state index contributed by atoms with van der Waals surface area (Å²) in [5.41, 5.74) is 12.1. The standard InChI is InChI=1S/C58H37N/c1-36-11-8-13-38-27-28-40-15-10-21-52(58(40)54(36)38)51-20-9-14-39-29-30-43-33-42(31-32-46(43)55(39)51)37-23-25-41(26-24-37)56-47-16-3-5-18-49(47)57(50-19-6-4-17-48(50)56)45-34-44-12-2-7-22-53(44)59-35-45/h2-35H,1H3. The maximum Gasteiger partial charge on any atom is 0.0702 e. The number of hydrogen-bond acceptors (Lipinski definition) is 1. The first-order valence-electron chi connectivity index (χ1n) is 20.4. The van der Waals surface area contributed by atoms with Gasteiger partial charge in [0.2, 0.25) is 0 Å². The third-order valence-corrected chi connectivity index (χ3v) is 12.6. The van der Waals surface area contributed by atoms with Crippen LogP contribution in [0.25, 0.3) is 120 Å². The van der Waals surface area contributed by atoms with Crippen molar-refractivity contribution in [1.82, 2.24) is 4.98 Å². The third kappa shape index (κ3) is 5.29. The molecule has 1 nitrogen and oxygen atoms in total. The molecule has 0 aliphatic carbocycles. The Hall–Kier alpha value is -7.61. The fraction of sp³-hybridized carbons (Fsp3) is 0.0172. The number of fused-ring (bicyclic) bond motifs is 9. The van der Waals surface area contributed by atoms with Gasteiger partial charge in [0.05, 0.1) is 5.52 Å². The first-order valence-corrected chi connectivity index (χ1v) is 20.4. The van der Waals surface area contributed by atoms with Crippen LogP contribution in [0, 0.1) is 6.92 Å². The molecular weight excluding hydrogens is 711 g/mol. The Morgan fingerprint density at radius 1 is 0.305 bits per heavy atom. The molecule has 0 fully saturated rings. The van der Waals surface area contributed by atoms with Gasteiger partial charge in [-0.05, 0) is 134 Å². The van der Waals surface area contributed by atoms with Crippen molar-refractivity contribution in [1.29, 1.82) is 0 Å². The van der Waals surface area contributed by atoms with E-state index in [1.165, 1.54) is 109 Å². The van der Waals surface area contributed by atoms with Crippen LogP contribution in [0.5, 0.6) is 0 Å². The Labute approximate surface area is 342 Å². The minimum absolute atomic E-state index is 1.01. The lowest BCUT2D eigenvalue weighted by Gasteiger charge is -2.18. The highest BCUT2D eigenvalue weighted by Gasteiger charge is 2.18. The van der Waals surface area contributed by atoms with Crippen molar-refractivity contribution < 1.29 is 0 Å². The maximum absolute atomic E-state index is 4.87. The van der Waals surface area contributed by atoms with Gasteiger partial charge in [0.15, 0.2) is 0 Å². The smallest absolute Gasteiger partial charge is 0.0702 e. The maximum atomic E-state index is 4.87. The monoisotopic (exact) mass is 747 g/mol. The Bertz CT molecular complexity index is 3610. The average Bonchev–Trinajstić information content (AvgIpc) is 3.30. The van der Waals surface area contributed by atoms with Crippen LogP contribution in [-0.4, -0.2) is 4.98 Å². The number of aromatic nitrogens is 1. The molecule has 0 atom stereocenters. The number of rotatable bonds is 4. The molecule has 11 aromatic carbocycles.